The van der Waals surface area contributed by atoms with Gasteiger partial charge in [0, 0.05) is 7.11 Å². The zero-order valence-corrected chi connectivity index (χ0v) is 12.4. The molecule has 2 saturated heterocycles. The second-order valence-corrected chi connectivity index (χ2v) is 6.04. The van der Waals surface area contributed by atoms with Gasteiger partial charge < -0.3 is 23.7 Å². The zero-order valence-electron chi connectivity index (χ0n) is 12.4. The van der Waals surface area contributed by atoms with E-state index < -0.39 is 5.79 Å². The third-order valence-corrected chi connectivity index (χ3v) is 4.11. The van der Waals surface area contributed by atoms with Gasteiger partial charge >= 0.3 is 0 Å². The van der Waals surface area contributed by atoms with Gasteiger partial charge in [-0.1, -0.05) is 12.2 Å². The molecule has 20 heavy (non-hydrogen) atoms. The fourth-order valence-corrected chi connectivity index (χ4v) is 3.20. The van der Waals surface area contributed by atoms with Crippen molar-refractivity contribution in [2.45, 2.75) is 69.6 Å². The standard InChI is InChI=1S/C15H24O5/c1-15(2)19-13-12-11(18-14(13)20-15)10(16-3)8-6-4-5-7-9-17-12/h5,7,10-14H,4,6,8-9H2,1-3H3/b7-5+/t10?,11-,12+,13-,14-/m1/s1. The van der Waals surface area contributed by atoms with E-state index in [1.807, 2.05) is 13.8 Å². The minimum absolute atomic E-state index is 0.0208. The van der Waals surface area contributed by atoms with E-state index in [1.54, 1.807) is 7.11 Å². The fraction of sp³-hybridized carbons (Fsp3) is 0.867. The first-order valence-electron chi connectivity index (χ1n) is 7.41. The Morgan fingerprint density at radius 1 is 1.10 bits per heavy atom. The number of allylic oxidation sites excluding steroid dienone is 1. The molecule has 3 rings (SSSR count). The van der Waals surface area contributed by atoms with Gasteiger partial charge in [-0.25, -0.2) is 0 Å². The van der Waals surface area contributed by atoms with Crippen LogP contribution in [-0.2, 0) is 23.7 Å². The van der Waals surface area contributed by atoms with E-state index in [9.17, 15) is 0 Å². The van der Waals surface area contributed by atoms with Gasteiger partial charge in [0.2, 0.25) is 0 Å². The summed E-state index contributed by atoms with van der Waals surface area (Å²) < 4.78 is 29.4. The molecule has 3 aliphatic heterocycles. The van der Waals surface area contributed by atoms with E-state index >= 15 is 0 Å². The van der Waals surface area contributed by atoms with E-state index in [0.29, 0.717) is 6.61 Å². The Morgan fingerprint density at radius 2 is 1.95 bits per heavy atom. The lowest BCUT2D eigenvalue weighted by Crippen LogP contribution is -2.43. The van der Waals surface area contributed by atoms with Crippen LogP contribution in [-0.4, -0.2) is 50.2 Å². The van der Waals surface area contributed by atoms with Gasteiger partial charge in [0.05, 0.1) is 12.7 Å². The molecule has 2 fully saturated rings. The molecule has 0 aliphatic carbocycles. The van der Waals surface area contributed by atoms with Crippen molar-refractivity contribution in [3.05, 3.63) is 12.2 Å². The molecule has 0 aromatic carbocycles. The molecule has 0 spiro atoms. The van der Waals surface area contributed by atoms with Crippen LogP contribution in [0.5, 0.6) is 0 Å². The van der Waals surface area contributed by atoms with E-state index in [0.717, 1.165) is 19.3 Å². The highest BCUT2D eigenvalue weighted by Gasteiger charge is 2.57. The lowest BCUT2D eigenvalue weighted by molar-refractivity contribution is -0.231. The monoisotopic (exact) mass is 284 g/mol. The van der Waals surface area contributed by atoms with Gasteiger partial charge in [-0.3, -0.25) is 0 Å². The molecule has 3 heterocycles. The summed E-state index contributed by atoms with van der Waals surface area (Å²) in [6.45, 7) is 4.38. The number of ether oxygens (including phenoxy) is 5. The number of fused-ring (bicyclic) bond motifs is 3. The fourth-order valence-electron chi connectivity index (χ4n) is 3.20. The summed E-state index contributed by atoms with van der Waals surface area (Å²) in [5.41, 5.74) is 0. The molecule has 0 amide bonds. The molecule has 0 aromatic heterocycles. The number of rotatable bonds is 1. The van der Waals surface area contributed by atoms with Crippen molar-refractivity contribution in [2.75, 3.05) is 13.7 Å². The molecule has 0 bridgehead atoms. The van der Waals surface area contributed by atoms with Crippen LogP contribution in [0.25, 0.3) is 0 Å². The van der Waals surface area contributed by atoms with Crippen molar-refractivity contribution >= 4 is 0 Å². The van der Waals surface area contributed by atoms with Crippen LogP contribution in [0.2, 0.25) is 0 Å². The summed E-state index contributed by atoms with van der Waals surface area (Å²) in [6, 6.07) is 0. The third-order valence-electron chi connectivity index (χ3n) is 4.11. The van der Waals surface area contributed by atoms with Crippen LogP contribution in [0.4, 0.5) is 0 Å². The lowest BCUT2D eigenvalue weighted by Gasteiger charge is -2.30. The van der Waals surface area contributed by atoms with E-state index in [4.69, 9.17) is 23.7 Å². The van der Waals surface area contributed by atoms with Gasteiger partial charge in [-0.05, 0) is 33.1 Å². The second-order valence-electron chi connectivity index (χ2n) is 6.04. The van der Waals surface area contributed by atoms with Crippen molar-refractivity contribution in [1.29, 1.82) is 0 Å². The van der Waals surface area contributed by atoms with Gasteiger partial charge in [0.1, 0.15) is 18.3 Å². The van der Waals surface area contributed by atoms with Gasteiger partial charge in [-0.15, -0.1) is 0 Å². The highest BCUT2D eigenvalue weighted by atomic mass is 16.8. The Kier molecular flexibility index (Phi) is 4.15. The van der Waals surface area contributed by atoms with Crippen LogP contribution in [0, 0.1) is 0 Å². The van der Waals surface area contributed by atoms with Crippen molar-refractivity contribution in [3.8, 4) is 0 Å². The largest absolute Gasteiger partial charge is 0.379 e. The summed E-state index contributed by atoms with van der Waals surface area (Å²) in [6.07, 6.45) is 6.53. The molecular formula is C15H24O5. The number of hydrogen-bond acceptors (Lipinski definition) is 5. The Balaban J connectivity index is 1.78. The minimum Gasteiger partial charge on any atom is -0.379 e. The molecule has 5 atom stereocenters. The van der Waals surface area contributed by atoms with E-state index in [-0.39, 0.29) is 30.7 Å². The van der Waals surface area contributed by atoms with Crippen LogP contribution in [0.3, 0.4) is 0 Å². The highest BCUT2D eigenvalue weighted by Crippen LogP contribution is 2.40. The maximum absolute atomic E-state index is 6.04. The van der Waals surface area contributed by atoms with Crippen molar-refractivity contribution in [1.82, 2.24) is 0 Å². The molecule has 5 heteroatoms. The van der Waals surface area contributed by atoms with Gasteiger partial charge in [0.15, 0.2) is 12.1 Å². The Labute approximate surface area is 120 Å². The maximum Gasteiger partial charge on any atom is 0.190 e. The van der Waals surface area contributed by atoms with Crippen LogP contribution >= 0.6 is 0 Å². The summed E-state index contributed by atoms with van der Waals surface area (Å²) in [5.74, 6) is -0.614. The normalized spacial score (nSPS) is 45.6. The molecule has 0 radical (unpaired) electrons. The highest BCUT2D eigenvalue weighted by molar-refractivity contribution is 4.98. The van der Waals surface area contributed by atoms with Crippen LogP contribution < -0.4 is 0 Å². The summed E-state index contributed by atoms with van der Waals surface area (Å²) in [5, 5.41) is 0. The quantitative estimate of drug-likeness (QED) is 0.689. The Bertz CT molecular complexity index is 367. The first kappa shape index (κ1) is 14.5. The smallest absolute Gasteiger partial charge is 0.190 e. The summed E-state index contributed by atoms with van der Waals surface area (Å²) in [7, 11) is 1.73. The van der Waals surface area contributed by atoms with Gasteiger partial charge in [0.25, 0.3) is 0 Å². The Morgan fingerprint density at radius 3 is 2.75 bits per heavy atom. The second kappa shape index (κ2) is 5.73. The van der Waals surface area contributed by atoms with Gasteiger partial charge in [-0.2, -0.15) is 0 Å². The first-order chi connectivity index (χ1) is 9.61. The van der Waals surface area contributed by atoms with Crippen LogP contribution in [0.15, 0.2) is 12.2 Å². The van der Waals surface area contributed by atoms with E-state index in [2.05, 4.69) is 12.2 Å². The zero-order chi connectivity index (χ0) is 14.2. The van der Waals surface area contributed by atoms with Crippen LogP contribution in [0.1, 0.15) is 33.1 Å². The molecule has 114 valence electrons. The molecule has 3 aliphatic rings. The first-order valence-corrected chi connectivity index (χ1v) is 7.41. The number of methoxy groups -OCH3 is 1. The molecule has 0 saturated carbocycles. The predicted octanol–water partition coefficient (Wildman–Crippen LogP) is 2.00. The average Bonchev–Trinajstić information content (AvgIpc) is 2.86. The van der Waals surface area contributed by atoms with E-state index in [1.165, 1.54) is 0 Å². The van der Waals surface area contributed by atoms with Crippen molar-refractivity contribution in [2.24, 2.45) is 0 Å². The average molecular weight is 284 g/mol. The molecule has 0 aromatic rings. The molecular weight excluding hydrogens is 260 g/mol. The summed E-state index contributed by atoms with van der Waals surface area (Å²) in [4.78, 5) is 0. The van der Waals surface area contributed by atoms with Crippen molar-refractivity contribution < 1.29 is 23.7 Å². The lowest BCUT2D eigenvalue weighted by atomic mass is 10.00. The molecule has 1 unspecified atom stereocenters. The third kappa shape index (κ3) is 2.78. The van der Waals surface area contributed by atoms with Crippen molar-refractivity contribution in [3.63, 3.8) is 0 Å². The minimum atomic E-state index is -0.614. The topological polar surface area (TPSA) is 46.2 Å². The SMILES string of the molecule is COC1CCC/C=C/CO[C@@H]2[C@H]3OC(C)(C)O[C@H]3O[C@H]12. The number of hydrogen-bond donors (Lipinski definition) is 0. The molecule has 5 nitrogen and oxygen atoms in total. The maximum atomic E-state index is 6.04. The summed E-state index contributed by atoms with van der Waals surface area (Å²) >= 11 is 0. The Hall–Kier alpha value is -0.460. The predicted molar refractivity (Wildman–Crippen MR) is 72.2 cm³/mol. The molecule has 0 N–H and O–H groups in total.